The number of thiophene rings is 2. The first-order valence-corrected chi connectivity index (χ1v) is 8.45. The van der Waals surface area contributed by atoms with Crippen LogP contribution in [0.1, 0.15) is 0 Å². The van der Waals surface area contributed by atoms with Gasteiger partial charge in [0.1, 0.15) is 0 Å². The number of nitrogens with one attached hydrogen (secondary N) is 2. The van der Waals surface area contributed by atoms with Gasteiger partial charge in [0, 0.05) is 20.2 Å². The van der Waals surface area contributed by atoms with Crippen LogP contribution in [0.3, 0.4) is 0 Å². The van der Waals surface area contributed by atoms with Gasteiger partial charge in [-0.15, -0.1) is 22.7 Å². The first kappa shape index (κ1) is 12.1. The average molecular weight is 324 g/mol. The lowest BCUT2D eigenvalue weighted by Gasteiger charge is -2.04. The number of H-pyrrole nitrogens is 2. The Morgan fingerprint density at radius 2 is 1.14 bits per heavy atom. The Morgan fingerprint density at radius 3 is 1.59 bits per heavy atom. The molecule has 2 N–H and O–H groups in total. The maximum absolute atomic E-state index is 12.2. The molecule has 106 valence electrons. The second-order valence-electron chi connectivity index (χ2n) is 5.18. The van der Waals surface area contributed by atoms with Crippen molar-refractivity contribution in [1.82, 2.24) is 9.97 Å². The molecule has 6 heteroatoms. The topological polar surface area (TPSA) is 65.7 Å². The third-order valence-electron chi connectivity index (χ3n) is 3.96. The van der Waals surface area contributed by atoms with Crippen LogP contribution in [0.4, 0.5) is 0 Å². The molecule has 4 aromatic heterocycles. The molecule has 0 bridgehead atoms. The number of pyridine rings is 2. The van der Waals surface area contributed by atoms with Crippen LogP contribution in [0.2, 0.25) is 0 Å². The first-order chi connectivity index (χ1) is 10.7. The van der Waals surface area contributed by atoms with Gasteiger partial charge in [-0.3, -0.25) is 9.59 Å². The van der Waals surface area contributed by atoms with Gasteiger partial charge in [-0.05, 0) is 35.0 Å². The minimum atomic E-state index is -0.0741. The molecule has 0 amide bonds. The Bertz CT molecular complexity index is 1220. The second kappa shape index (κ2) is 4.06. The van der Waals surface area contributed by atoms with Crippen molar-refractivity contribution in [3.8, 4) is 0 Å². The van der Waals surface area contributed by atoms with Gasteiger partial charge >= 0.3 is 0 Å². The molecule has 5 aromatic rings. The van der Waals surface area contributed by atoms with Crippen molar-refractivity contribution >= 4 is 64.7 Å². The number of hydrogen-bond acceptors (Lipinski definition) is 4. The van der Waals surface area contributed by atoms with Gasteiger partial charge in [-0.2, -0.15) is 0 Å². The van der Waals surface area contributed by atoms with E-state index in [4.69, 9.17) is 0 Å². The van der Waals surface area contributed by atoms with Crippen LogP contribution in [-0.2, 0) is 0 Å². The van der Waals surface area contributed by atoms with Gasteiger partial charge in [0.15, 0.2) is 0 Å². The van der Waals surface area contributed by atoms with E-state index >= 15 is 0 Å². The lowest BCUT2D eigenvalue weighted by atomic mass is 10.1. The number of aromatic nitrogens is 2. The molecule has 0 radical (unpaired) electrons. The molecular weight excluding hydrogens is 316 g/mol. The minimum absolute atomic E-state index is 0.0741. The SMILES string of the molecule is O=c1[nH]c2cc3c(cc2c2sccc12)[nH]c(=O)c1ccsc13. The summed E-state index contributed by atoms with van der Waals surface area (Å²) in [6.07, 6.45) is 0. The molecule has 0 fully saturated rings. The molecule has 4 heterocycles. The molecule has 0 saturated carbocycles. The van der Waals surface area contributed by atoms with Crippen LogP contribution in [0.25, 0.3) is 42.0 Å². The maximum atomic E-state index is 12.2. The fourth-order valence-corrected chi connectivity index (χ4v) is 4.80. The summed E-state index contributed by atoms with van der Waals surface area (Å²) < 4.78 is 1.90. The third kappa shape index (κ3) is 1.45. The number of benzene rings is 1. The van der Waals surface area contributed by atoms with Gasteiger partial charge in [0.05, 0.1) is 21.8 Å². The van der Waals surface area contributed by atoms with Crippen LogP contribution in [0, 0.1) is 0 Å². The molecule has 0 spiro atoms. The highest BCUT2D eigenvalue weighted by Crippen LogP contribution is 2.32. The summed E-state index contributed by atoms with van der Waals surface area (Å²) in [5.41, 5.74) is 1.45. The maximum Gasteiger partial charge on any atom is 0.257 e. The van der Waals surface area contributed by atoms with Crippen LogP contribution >= 0.6 is 22.7 Å². The lowest BCUT2D eigenvalue weighted by Crippen LogP contribution is -2.06. The van der Waals surface area contributed by atoms with Crippen LogP contribution in [0.5, 0.6) is 0 Å². The summed E-state index contributed by atoms with van der Waals surface area (Å²) in [5, 5.41) is 7.13. The lowest BCUT2D eigenvalue weighted by molar-refractivity contribution is 1.34. The van der Waals surface area contributed by atoms with Gasteiger partial charge in [-0.25, -0.2) is 0 Å². The Morgan fingerprint density at radius 1 is 0.682 bits per heavy atom. The van der Waals surface area contributed by atoms with E-state index < -0.39 is 0 Å². The number of hydrogen-bond donors (Lipinski definition) is 2. The summed E-state index contributed by atoms with van der Waals surface area (Å²) in [6, 6.07) is 7.57. The molecule has 5 rings (SSSR count). The van der Waals surface area contributed by atoms with Gasteiger partial charge < -0.3 is 9.97 Å². The zero-order valence-corrected chi connectivity index (χ0v) is 12.7. The van der Waals surface area contributed by atoms with E-state index in [9.17, 15) is 9.59 Å². The van der Waals surface area contributed by atoms with Crippen LogP contribution in [0.15, 0.2) is 44.6 Å². The van der Waals surface area contributed by atoms with Crippen molar-refractivity contribution in [2.45, 2.75) is 0 Å². The van der Waals surface area contributed by atoms with E-state index in [-0.39, 0.29) is 11.1 Å². The molecule has 0 saturated heterocycles. The zero-order chi connectivity index (χ0) is 14.8. The summed E-state index contributed by atoms with van der Waals surface area (Å²) in [5.74, 6) is 0. The van der Waals surface area contributed by atoms with Crippen molar-refractivity contribution in [2.24, 2.45) is 0 Å². The quantitative estimate of drug-likeness (QED) is 0.426. The summed E-state index contributed by atoms with van der Waals surface area (Å²) in [6.45, 7) is 0. The van der Waals surface area contributed by atoms with Gasteiger partial charge in [0.25, 0.3) is 11.1 Å². The van der Waals surface area contributed by atoms with Gasteiger partial charge in [-0.1, -0.05) is 0 Å². The molecular formula is C16H8N2O2S2. The van der Waals surface area contributed by atoms with E-state index in [0.717, 1.165) is 31.2 Å². The van der Waals surface area contributed by atoms with E-state index in [1.54, 1.807) is 0 Å². The average Bonchev–Trinajstić information content (AvgIpc) is 3.16. The summed E-state index contributed by atoms with van der Waals surface area (Å²) in [7, 11) is 0. The molecule has 0 aliphatic heterocycles. The predicted octanol–water partition coefficient (Wildman–Crippen LogP) is 3.80. The largest absolute Gasteiger partial charge is 0.321 e. The Balaban J connectivity index is 2.12. The molecule has 0 aliphatic rings. The van der Waals surface area contributed by atoms with Crippen molar-refractivity contribution in [2.75, 3.05) is 0 Å². The first-order valence-electron chi connectivity index (χ1n) is 6.69. The zero-order valence-electron chi connectivity index (χ0n) is 11.1. The monoisotopic (exact) mass is 324 g/mol. The highest BCUT2D eigenvalue weighted by atomic mass is 32.1. The highest BCUT2D eigenvalue weighted by molar-refractivity contribution is 7.18. The number of aromatic amines is 2. The number of rotatable bonds is 0. The normalized spacial score (nSPS) is 12.0. The van der Waals surface area contributed by atoms with Gasteiger partial charge in [0.2, 0.25) is 0 Å². The summed E-state index contributed by atoms with van der Waals surface area (Å²) >= 11 is 3.08. The predicted molar refractivity (Wildman–Crippen MR) is 93.5 cm³/mol. The van der Waals surface area contributed by atoms with Crippen molar-refractivity contribution in [3.05, 3.63) is 55.7 Å². The Kier molecular flexibility index (Phi) is 2.24. The van der Waals surface area contributed by atoms with E-state index in [1.165, 1.54) is 22.7 Å². The van der Waals surface area contributed by atoms with Crippen molar-refractivity contribution < 1.29 is 0 Å². The molecule has 0 atom stereocenters. The van der Waals surface area contributed by atoms with E-state index in [0.29, 0.717) is 10.8 Å². The fraction of sp³-hybridized carbons (Fsp3) is 0. The second-order valence-corrected chi connectivity index (χ2v) is 7.01. The summed E-state index contributed by atoms with van der Waals surface area (Å²) in [4.78, 5) is 30.2. The highest BCUT2D eigenvalue weighted by Gasteiger charge is 2.11. The fourth-order valence-electron chi connectivity index (χ4n) is 2.95. The molecule has 0 aliphatic carbocycles. The van der Waals surface area contributed by atoms with Crippen molar-refractivity contribution in [3.63, 3.8) is 0 Å². The number of fused-ring (bicyclic) bond motifs is 6. The standard InChI is InChI=1S/C16H8N2O2S2/c19-15-7-1-3-21-13(7)9-5-12-10(6-11(9)17-15)14-8(2-4-22-14)16(20)18-12/h1-6H,(H,17,19)(H,18,20). The van der Waals surface area contributed by atoms with Crippen molar-refractivity contribution in [1.29, 1.82) is 0 Å². The molecule has 4 nitrogen and oxygen atoms in total. The molecule has 0 unspecified atom stereocenters. The molecule has 1 aromatic carbocycles. The minimum Gasteiger partial charge on any atom is -0.321 e. The van der Waals surface area contributed by atoms with Crippen LogP contribution in [-0.4, -0.2) is 9.97 Å². The van der Waals surface area contributed by atoms with E-state index in [1.807, 2.05) is 35.0 Å². The third-order valence-corrected chi connectivity index (χ3v) is 5.86. The Hall–Kier alpha value is -2.44. The van der Waals surface area contributed by atoms with Crippen LogP contribution < -0.4 is 11.1 Å². The van der Waals surface area contributed by atoms with E-state index in [2.05, 4.69) is 9.97 Å². The smallest absolute Gasteiger partial charge is 0.257 e. The molecule has 22 heavy (non-hydrogen) atoms. The Labute approximate surface area is 130 Å².